The van der Waals surface area contributed by atoms with E-state index in [1.807, 2.05) is 0 Å². The third-order valence-corrected chi connectivity index (χ3v) is 1.28. The SMILES string of the molecule is CC(=O)OCC(COC(C)=O)OC(C)=O.O=P(O)(O)O. The van der Waals surface area contributed by atoms with Crippen LogP contribution < -0.4 is 0 Å². The number of carbonyl (C=O) groups is 3. The minimum atomic E-state index is -4.64. The lowest BCUT2D eigenvalue weighted by Gasteiger charge is -2.15. The van der Waals surface area contributed by atoms with Gasteiger partial charge in [0.15, 0.2) is 6.10 Å². The van der Waals surface area contributed by atoms with Gasteiger partial charge >= 0.3 is 25.7 Å². The molecule has 0 aliphatic rings. The Bertz CT molecular complexity index is 347. The molecule has 0 aromatic rings. The van der Waals surface area contributed by atoms with Crippen LogP contribution in [0.2, 0.25) is 0 Å². The van der Waals surface area contributed by atoms with Gasteiger partial charge in [-0.3, -0.25) is 14.4 Å². The number of esters is 3. The van der Waals surface area contributed by atoms with E-state index >= 15 is 0 Å². The van der Waals surface area contributed by atoms with Crippen molar-refractivity contribution in [1.82, 2.24) is 0 Å². The van der Waals surface area contributed by atoms with Crippen LogP contribution in [0.1, 0.15) is 20.8 Å². The highest BCUT2D eigenvalue weighted by molar-refractivity contribution is 7.45. The Morgan fingerprint density at radius 3 is 1.40 bits per heavy atom. The quantitative estimate of drug-likeness (QED) is 0.330. The Morgan fingerprint density at radius 2 is 1.20 bits per heavy atom. The van der Waals surface area contributed by atoms with Crippen LogP contribution in [0.3, 0.4) is 0 Å². The van der Waals surface area contributed by atoms with Crippen molar-refractivity contribution in [2.24, 2.45) is 0 Å². The molecular formula is C9H17O10P. The number of phosphoric acid groups is 1. The summed E-state index contributed by atoms with van der Waals surface area (Å²) < 4.78 is 22.9. The van der Waals surface area contributed by atoms with Crippen LogP contribution in [0, 0.1) is 0 Å². The summed E-state index contributed by atoms with van der Waals surface area (Å²) in [5.41, 5.74) is 0. The van der Waals surface area contributed by atoms with Gasteiger partial charge < -0.3 is 28.9 Å². The minimum absolute atomic E-state index is 0.123. The van der Waals surface area contributed by atoms with Crippen molar-refractivity contribution in [2.45, 2.75) is 26.9 Å². The zero-order chi connectivity index (χ0) is 16.3. The molecule has 0 saturated heterocycles. The molecule has 0 saturated carbocycles. The molecule has 0 aromatic heterocycles. The van der Waals surface area contributed by atoms with Crippen LogP contribution in [-0.4, -0.2) is 51.9 Å². The first-order chi connectivity index (χ1) is 8.91. The monoisotopic (exact) mass is 316 g/mol. The molecule has 0 bridgehead atoms. The van der Waals surface area contributed by atoms with Crippen molar-refractivity contribution in [2.75, 3.05) is 13.2 Å². The number of carbonyl (C=O) groups excluding carboxylic acids is 3. The van der Waals surface area contributed by atoms with E-state index in [0.717, 1.165) is 0 Å². The van der Waals surface area contributed by atoms with E-state index in [4.69, 9.17) is 24.0 Å². The van der Waals surface area contributed by atoms with Gasteiger partial charge in [-0.25, -0.2) is 4.57 Å². The number of hydrogen-bond acceptors (Lipinski definition) is 7. The zero-order valence-corrected chi connectivity index (χ0v) is 12.0. The lowest BCUT2D eigenvalue weighted by molar-refractivity contribution is -0.163. The van der Waals surface area contributed by atoms with Crippen LogP contribution in [0.5, 0.6) is 0 Å². The van der Waals surface area contributed by atoms with E-state index in [1.54, 1.807) is 0 Å². The summed E-state index contributed by atoms with van der Waals surface area (Å²) in [7, 11) is -4.64. The lowest BCUT2D eigenvalue weighted by Crippen LogP contribution is -2.29. The molecule has 3 N–H and O–H groups in total. The van der Waals surface area contributed by atoms with Gasteiger partial charge in [-0.1, -0.05) is 0 Å². The summed E-state index contributed by atoms with van der Waals surface area (Å²) in [6, 6.07) is 0. The average molecular weight is 316 g/mol. The normalized spacial score (nSPS) is 10.2. The largest absolute Gasteiger partial charge is 0.466 e. The third kappa shape index (κ3) is 25.4. The molecule has 0 aliphatic heterocycles. The summed E-state index contributed by atoms with van der Waals surface area (Å²) in [6.45, 7) is 3.44. The maximum Gasteiger partial charge on any atom is 0.466 e. The summed E-state index contributed by atoms with van der Waals surface area (Å²) in [6.07, 6.45) is -0.754. The zero-order valence-electron chi connectivity index (χ0n) is 11.1. The molecular weight excluding hydrogens is 299 g/mol. The second-order valence-corrected chi connectivity index (χ2v) is 4.38. The summed E-state index contributed by atoms with van der Waals surface area (Å²) in [4.78, 5) is 53.2. The second kappa shape index (κ2) is 10.3. The molecule has 0 unspecified atom stereocenters. The highest BCUT2D eigenvalue weighted by Gasteiger charge is 2.15. The smallest absolute Gasteiger partial charge is 0.462 e. The summed E-state index contributed by atoms with van der Waals surface area (Å²) in [5, 5.41) is 0. The van der Waals surface area contributed by atoms with E-state index in [0.29, 0.717) is 0 Å². The fraction of sp³-hybridized carbons (Fsp3) is 0.667. The molecule has 10 nitrogen and oxygen atoms in total. The highest BCUT2D eigenvalue weighted by Crippen LogP contribution is 2.25. The molecule has 0 spiro atoms. The first kappa shape index (κ1) is 20.8. The van der Waals surface area contributed by atoms with Gasteiger partial charge in [0.1, 0.15) is 13.2 Å². The molecule has 0 amide bonds. The Hall–Kier alpha value is -1.48. The fourth-order valence-electron chi connectivity index (χ4n) is 0.771. The van der Waals surface area contributed by atoms with Crippen molar-refractivity contribution >= 4 is 25.7 Å². The Kier molecular flexibility index (Phi) is 10.8. The van der Waals surface area contributed by atoms with Gasteiger partial charge in [0.2, 0.25) is 0 Å². The maximum atomic E-state index is 10.6. The molecule has 0 atom stereocenters. The van der Waals surface area contributed by atoms with Gasteiger partial charge in [0.05, 0.1) is 0 Å². The molecule has 0 aliphatic carbocycles. The predicted octanol–water partition coefficient (Wildman–Crippen LogP) is -0.884. The topological polar surface area (TPSA) is 157 Å². The summed E-state index contributed by atoms with van der Waals surface area (Å²) in [5.74, 6) is -1.51. The predicted molar refractivity (Wildman–Crippen MR) is 63.1 cm³/mol. The van der Waals surface area contributed by atoms with E-state index in [-0.39, 0.29) is 13.2 Å². The van der Waals surface area contributed by atoms with Gasteiger partial charge in [-0.2, -0.15) is 0 Å². The van der Waals surface area contributed by atoms with Gasteiger partial charge in [0.25, 0.3) is 0 Å². The summed E-state index contributed by atoms with van der Waals surface area (Å²) >= 11 is 0. The van der Waals surface area contributed by atoms with Crippen molar-refractivity contribution < 1.29 is 47.8 Å². The minimum Gasteiger partial charge on any atom is -0.462 e. The Labute approximate surface area is 114 Å². The van der Waals surface area contributed by atoms with Gasteiger partial charge in [0, 0.05) is 20.8 Å². The van der Waals surface area contributed by atoms with E-state index in [2.05, 4.69) is 9.47 Å². The molecule has 20 heavy (non-hydrogen) atoms. The van der Waals surface area contributed by atoms with Crippen molar-refractivity contribution in [3.05, 3.63) is 0 Å². The first-order valence-electron chi connectivity index (χ1n) is 5.14. The fourth-order valence-corrected chi connectivity index (χ4v) is 0.771. The number of ether oxygens (including phenoxy) is 3. The van der Waals surface area contributed by atoms with E-state index in [9.17, 15) is 14.4 Å². The van der Waals surface area contributed by atoms with Crippen LogP contribution in [0.4, 0.5) is 0 Å². The average Bonchev–Trinajstić information content (AvgIpc) is 2.18. The Balaban J connectivity index is 0. The van der Waals surface area contributed by atoms with Crippen LogP contribution in [0.25, 0.3) is 0 Å². The van der Waals surface area contributed by atoms with Crippen LogP contribution in [0.15, 0.2) is 0 Å². The van der Waals surface area contributed by atoms with Crippen LogP contribution >= 0.6 is 7.82 Å². The highest BCUT2D eigenvalue weighted by atomic mass is 31.2. The van der Waals surface area contributed by atoms with Crippen molar-refractivity contribution in [1.29, 1.82) is 0 Å². The Morgan fingerprint density at radius 1 is 0.900 bits per heavy atom. The molecule has 118 valence electrons. The van der Waals surface area contributed by atoms with Crippen molar-refractivity contribution in [3.63, 3.8) is 0 Å². The second-order valence-electron chi connectivity index (χ2n) is 3.35. The standard InChI is InChI=1S/C9H14O6.H3O4P/c1-6(10)13-4-9(15-8(3)12)5-14-7(2)11;1-5(2,3)4/h9H,4-5H2,1-3H3;(H3,1,2,3,4). The lowest BCUT2D eigenvalue weighted by atomic mass is 10.4. The number of rotatable bonds is 5. The maximum absolute atomic E-state index is 10.6. The van der Waals surface area contributed by atoms with E-state index < -0.39 is 31.8 Å². The first-order valence-corrected chi connectivity index (χ1v) is 6.70. The molecule has 0 fully saturated rings. The molecule has 0 radical (unpaired) electrons. The number of hydrogen-bond donors (Lipinski definition) is 3. The van der Waals surface area contributed by atoms with Crippen LogP contribution in [-0.2, 0) is 33.2 Å². The van der Waals surface area contributed by atoms with Gasteiger partial charge in [-0.05, 0) is 0 Å². The molecule has 0 heterocycles. The van der Waals surface area contributed by atoms with Crippen molar-refractivity contribution in [3.8, 4) is 0 Å². The molecule has 0 rings (SSSR count). The molecule has 0 aromatic carbocycles. The van der Waals surface area contributed by atoms with E-state index in [1.165, 1.54) is 20.8 Å². The molecule has 11 heteroatoms. The third-order valence-electron chi connectivity index (χ3n) is 1.28. The van der Waals surface area contributed by atoms with Gasteiger partial charge in [-0.15, -0.1) is 0 Å².